The second-order valence-electron chi connectivity index (χ2n) is 10.4. The predicted molar refractivity (Wildman–Crippen MR) is 147 cm³/mol. The summed E-state index contributed by atoms with van der Waals surface area (Å²) in [7, 11) is -1.70. The van der Waals surface area contributed by atoms with Crippen LogP contribution in [0.5, 0.6) is 0 Å². The van der Waals surface area contributed by atoms with E-state index in [1.54, 1.807) is 0 Å². The molecule has 0 aromatic rings. The zero-order chi connectivity index (χ0) is 24.5. The van der Waals surface area contributed by atoms with E-state index in [1.165, 1.54) is 103 Å². The van der Waals surface area contributed by atoms with E-state index in [9.17, 15) is 0 Å². The molecule has 0 aromatic heterocycles. The van der Waals surface area contributed by atoms with Crippen LogP contribution in [0.2, 0.25) is 19.1 Å². The minimum atomic E-state index is -1.70. The molecule has 0 saturated heterocycles. The predicted octanol–water partition coefficient (Wildman–Crippen LogP) is 6.58. The van der Waals surface area contributed by atoms with Crippen LogP contribution in [0.3, 0.4) is 0 Å². The molecule has 0 aliphatic heterocycles. The molecule has 5 heteroatoms. The van der Waals surface area contributed by atoms with Crippen molar-refractivity contribution >= 4 is 8.32 Å². The minimum absolute atomic E-state index is 0.383. The van der Waals surface area contributed by atoms with Crippen LogP contribution in [0.15, 0.2) is 0 Å². The summed E-state index contributed by atoms with van der Waals surface area (Å²) in [5.41, 5.74) is 0.383. The molecule has 0 radical (unpaired) electrons. The van der Waals surface area contributed by atoms with E-state index in [4.69, 9.17) is 4.43 Å². The summed E-state index contributed by atoms with van der Waals surface area (Å²) in [6.07, 6.45) is 7.70. The Labute approximate surface area is 204 Å². The summed E-state index contributed by atoms with van der Waals surface area (Å²) in [5.74, 6) is 0. The lowest BCUT2D eigenvalue weighted by atomic mass is 9.79. The van der Waals surface area contributed by atoms with Crippen LogP contribution >= 0.6 is 0 Å². The highest BCUT2D eigenvalue weighted by atomic mass is 28.4. The van der Waals surface area contributed by atoms with Crippen molar-refractivity contribution in [2.24, 2.45) is 5.41 Å². The maximum absolute atomic E-state index is 6.42. The molecule has 194 valence electrons. The molecule has 0 aromatic carbocycles. The molecule has 0 unspecified atom stereocenters. The van der Waals surface area contributed by atoms with Gasteiger partial charge in [-0.3, -0.25) is 0 Å². The Bertz CT molecular complexity index is 388. The van der Waals surface area contributed by atoms with E-state index in [0.29, 0.717) is 5.41 Å². The largest absolute Gasteiger partial charge is 0.418 e. The first-order valence-corrected chi connectivity index (χ1v) is 17.2. The van der Waals surface area contributed by atoms with E-state index >= 15 is 0 Å². The Hall–Kier alpha value is 0.0569. The third-order valence-electron chi connectivity index (χ3n) is 7.17. The van der Waals surface area contributed by atoms with Crippen LogP contribution in [0.4, 0.5) is 0 Å². The van der Waals surface area contributed by atoms with Gasteiger partial charge in [0.05, 0.1) is 0 Å². The first kappa shape index (κ1) is 32.1. The number of rotatable bonds is 22. The Balaban J connectivity index is 5.78. The van der Waals surface area contributed by atoms with Crippen LogP contribution in [0.25, 0.3) is 0 Å². The van der Waals surface area contributed by atoms with Gasteiger partial charge in [0.1, 0.15) is 0 Å². The van der Waals surface area contributed by atoms with Crippen molar-refractivity contribution in [2.75, 3.05) is 65.5 Å². The lowest BCUT2D eigenvalue weighted by Gasteiger charge is -2.42. The van der Waals surface area contributed by atoms with Gasteiger partial charge in [0.15, 0.2) is 8.32 Å². The average Bonchev–Trinajstić information content (AvgIpc) is 2.76. The SMILES string of the molecule is CCCN(CC)CCC(CCN(CC)CCC)(CCN(CC)CCC)C[Si](C)(C)OCC. The van der Waals surface area contributed by atoms with Crippen molar-refractivity contribution in [1.82, 2.24) is 14.7 Å². The van der Waals surface area contributed by atoms with Crippen molar-refractivity contribution in [1.29, 1.82) is 0 Å². The second kappa shape index (κ2) is 18.4. The van der Waals surface area contributed by atoms with E-state index < -0.39 is 8.32 Å². The maximum atomic E-state index is 6.42. The van der Waals surface area contributed by atoms with Crippen molar-refractivity contribution in [2.45, 2.75) is 106 Å². The van der Waals surface area contributed by atoms with Gasteiger partial charge >= 0.3 is 0 Å². The third kappa shape index (κ3) is 13.7. The molecule has 0 amide bonds. The van der Waals surface area contributed by atoms with Gasteiger partial charge in [-0.25, -0.2) is 0 Å². The highest BCUT2D eigenvalue weighted by Crippen LogP contribution is 2.41. The quantitative estimate of drug-likeness (QED) is 0.166. The van der Waals surface area contributed by atoms with Crippen LogP contribution in [0.1, 0.15) is 87.0 Å². The first-order chi connectivity index (χ1) is 15.2. The molecule has 0 aliphatic rings. The molecule has 0 bridgehead atoms. The Morgan fingerprint density at radius 2 is 0.906 bits per heavy atom. The Morgan fingerprint density at radius 1 is 0.562 bits per heavy atom. The molecule has 0 rings (SSSR count). The fourth-order valence-corrected chi connectivity index (χ4v) is 8.62. The zero-order valence-electron chi connectivity index (χ0n) is 23.8. The first-order valence-electron chi connectivity index (χ1n) is 14.1. The summed E-state index contributed by atoms with van der Waals surface area (Å²) >= 11 is 0. The highest BCUT2D eigenvalue weighted by molar-refractivity contribution is 6.71. The van der Waals surface area contributed by atoms with Crippen molar-refractivity contribution in [3.05, 3.63) is 0 Å². The molecule has 0 heterocycles. The maximum Gasteiger partial charge on any atom is 0.187 e. The summed E-state index contributed by atoms with van der Waals surface area (Å²) < 4.78 is 6.42. The van der Waals surface area contributed by atoms with E-state index in [0.717, 1.165) is 6.61 Å². The second-order valence-corrected chi connectivity index (χ2v) is 14.6. The molecular formula is C27H61N3OSi. The van der Waals surface area contributed by atoms with E-state index in [1.807, 2.05) is 0 Å². The normalized spacial score (nSPS) is 13.1. The number of hydrogen-bond donors (Lipinski definition) is 0. The fourth-order valence-electron chi connectivity index (χ4n) is 5.40. The Kier molecular flexibility index (Phi) is 18.4. The fraction of sp³-hybridized carbons (Fsp3) is 1.00. The molecule has 0 saturated carbocycles. The van der Waals surface area contributed by atoms with Gasteiger partial charge in [-0.2, -0.15) is 0 Å². The average molecular weight is 472 g/mol. The topological polar surface area (TPSA) is 19.0 Å². The summed E-state index contributed by atoms with van der Waals surface area (Å²) in [5, 5.41) is 0. The van der Waals surface area contributed by atoms with Gasteiger partial charge in [-0.05, 0) is 129 Å². The molecule has 4 nitrogen and oxygen atoms in total. The molecule has 0 fully saturated rings. The zero-order valence-corrected chi connectivity index (χ0v) is 24.8. The van der Waals surface area contributed by atoms with Crippen LogP contribution in [-0.4, -0.2) is 88.5 Å². The van der Waals surface area contributed by atoms with Crippen molar-refractivity contribution < 1.29 is 4.43 Å². The molecule has 0 N–H and O–H groups in total. The van der Waals surface area contributed by atoms with E-state index in [2.05, 4.69) is 76.3 Å². The van der Waals surface area contributed by atoms with Crippen LogP contribution in [-0.2, 0) is 4.43 Å². The van der Waals surface area contributed by atoms with E-state index in [-0.39, 0.29) is 0 Å². The van der Waals surface area contributed by atoms with Crippen LogP contribution < -0.4 is 0 Å². The number of nitrogens with zero attached hydrogens (tertiary/aromatic N) is 3. The minimum Gasteiger partial charge on any atom is -0.418 e. The van der Waals surface area contributed by atoms with Crippen molar-refractivity contribution in [3.8, 4) is 0 Å². The third-order valence-corrected chi connectivity index (χ3v) is 9.84. The summed E-state index contributed by atoms with van der Waals surface area (Å²) in [6, 6.07) is 1.30. The highest BCUT2D eigenvalue weighted by Gasteiger charge is 2.38. The van der Waals surface area contributed by atoms with Gasteiger partial charge in [-0.1, -0.05) is 41.5 Å². The van der Waals surface area contributed by atoms with Gasteiger partial charge in [0.2, 0.25) is 0 Å². The van der Waals surface area contributed by atoms with Crippen LogP contribution in [0, 0.1) is 5.41 Å². The lowest BCUT2D eigenvalue weighted by Crippen LogP contribution is -2.44. The number of hydrogen-bond acceptors (Lipinski definition) is 4. The standard InChI is InChI=1S/C27H61N3OSi/c1-10-20-28(13-4)23-17-27(26-32(8,9)31-16-7,18-24-29(14-5)21-11-2)19-25-30(15-6)22-12-3/h10-26H2,1-9H3. The van der Waals surface area contributed by atoms with Gasteiger partial charge in [0.25, 0.3) is 0 Å². The van der Waals surface area contributed by atoms with Gasteiger partial charge in [-0.15, -0.1) is 0 Å². The molecule has 0 atom stereocenters. The summed E-state index contributed by atoms with van der Waals surface area (Å²) in [6.45, 7) is 32.8. The lowest BCUT2D eigenvalue weighted by molar-refractivity contribution is 0.133. The molecule has 0 spiro atoms. The van der Waals surface area contributed by atoms with Gasteiger partial charge in [0, 0.05) is 6.61 Å². The molecular weight excluding hydrogens is 410 g/mol. The smallest absolute Gasteiger partial charge is 0.187 e. The summed E-state index contributed by atoms with van der Waals surface area (Å²) in [4.78, 5) is 8.03. The molecule has 0 aliphatic carbocycles. The Morgan fingerprint density at radius 3 is 1.16 bits per heavy atom. The molecule has 32 heavy (non-hydrogen) atoms. The van der Waals surface area contributed by atoms with Crippen molar-refractivity contribution in [3.63, 3.8) is 0 Å². The monoisotopic (exact) mass is 471 g/mol. The van der Waals surface area contributed by atoms with Gasteiger partial charge < -0.3 is 19.1 Å².